The number of aliphatic hydroxyl groups is 1. The molecule has 1 atom stereocenters. The van der Waals surface area contributed by atoms with Gasteiger partial charge in [0.05, 0.1) is 25.5 Å². The van der Waals surface area contributed by atoms with Crippen LogP contribution in [-0.4, -0.2) is 15.4 Å². The molecule has 0 amide bonds. The number of aryl methyl sites for hydroxylation is 2. The minimum atomic E-state index is -1.45. The molecule has 0 spiro atoms. The van der Waals surface area contributed by atoms with Crippen molar-refractivity contribution >= 4 is 11.4 Å². The molecule has 0 saturated heterocycles. The number of nitrogens with zero attached hydrogens (tertiary/aromatic N) is 3. The molecule has 0 aliphatic carbocycles. The first-order chi connectivity index (χ1) is 14.1. The maximum atomic E-state index is 12.4. The third kappa shape index (κ3) is 3.50. The average molecular weight is 382 g/mol. The zero-order valence-corrected chi connectivity index (χ0v) is 16.6. The lowest BCUT2D eigenvalue weighted by molar-refractivity contribution is -0.683. The lowest BCUT2D eigenvalue weighted by Gasteiger charge is -2.28. The lowest BCUT2D eigenvalue weighted by atomic mass is 9.83. The van der Waals surface area contributed by atoms with E-state index < -0.39 is 5.60 Å². The van der Waals surface area contributed by atoms with E-state index in [1.807, 2.05) is 127 Å². The van der Waals surface area contributed by atoms with Crippen LogP contribution in [0, 0.1) is 0 Å². The summed E-state index contributed by atoms with van der Waals surface area (Å²) in [6.45, 7) is 0. The van der Waals surface area contributed by atoms with Crippen LogP contribution in [-0.2, 0) is 19.7 Å². The van der Waals surface area contributed by atoms with Gasteiger partial charge in [0.15, 0.2) is 0 Å². The number of para-hydroxylation sites is 1. The van der Waals surface area contributed by atoms with Gasteiger partial charge in [-0.1, -0.05) is 78.9 Å². The van der Waals surface area contributed by atoms with Gasteiger partial charge in [0, 0.05) is 5.56 Å². The fourth-order valence-corrected chi connectivity index (χ4v) is 3.73. The summed E-state index contributed by atoms with van der Waals surface area (Å²) >= 11 is 0. The summed E-state index contributed by atoms with van der Waals surface area (Å²) in [5, 5.41) is 12.4. The Bertz CT molecular complexity index is 1100. The average Bonchev–Trinajstić information content (AvgIpc) is 3.12. The van der Waals surface area contributed by atoms with Crippen LogP contribution in [0.2, 0.25) is 0 Å². The number of hydrogen-bond donors (Lipinski definition) is 1. The molecule has 0 fully saturated rings. The molecule has 4 nitrogen and oxygen atoms in total. The molecule has 0 saturated carbocycles. The first kappa shape index (κ1) is 18.8. The van der Waals surface area contributed by atoms with Crippen molar-refractivity contribution in [3.63, 3.8) is 0 Å². The predicted molar refractivity (Wildman–Crippen MR) is 115 cm³/mol. The minimum absolute atomic E-state index is 0.577. The molecule has 29 heavy (non-hydrogen) atoms. The van der Waals surface area contributed by atoms with Crippen molar-refractivity contribution in [1.82, 2.24) is 4.57 Å². The number of hydrogen-bond acceptors (Lipinski definition) is 2. The van der Waals surface area contributed by atoms with Crippen LogP contribution in [0.15, 0.2) is 108 Å². The summed E-state index contributed by atoms with van der Waals surface area (Å²) in [7, 11) is 3.88. The fourth-order valence-electron chi connectivity index (χ4n) is 3.73. The van der Waals surface area contributed by atoms with E-state index in [-0.39, 0.29) is 0 Å². The van der Waals surface area contributed by atoms with Gasteiger partial charge in [-0.05, 0) is 17.7 Å². The van der Waals surface area contributed by atoms with E-state index in [2.05, 4.69) is 0 Å². The van der Waals surface area contributed by atoms with Crippen molar-refractivity contribution in [2.75, 3.05) is 0 Å². The van der Waals surface area contributed by atoms with Crippen molar-refractivity contribution < 1.29 is 9.67 Å². The van der Waals surface area contributed by atoms with Crippen molar-refractivity contribution in [2.24, 2.45) is 19.1 Å². The molecule has 4 heteroatoms. The van der Waals surface area contributed by atoms with Gasteiger partial charge in [0.1, 0.15) is 12.4 Å². The van der Waals surface area contributed by atoms with Gasteiger partial charge in [-0.15, -0.1) is 0 Å². The van der Waals surface area contributed by atoms with E-state index >= 15 is 0 Å². The molecule has 0 radical (unpaired) electrons. The summed E-state index contributed by atoms with van der Waals surface area (Å²) < 4.78 is 3.88. The Hall–Kier alpha value is -3.50. The molecule has 1 aromatic heterocycles. The first-order valence-corrected chi connectivity index (χ1v) is 9.59. The third-order valence-electron chi connectivity index (χ3n) is 5.08. The maximum absolute atomic E-state index is 12.4. The van der Waals surface area contributed by atoms with E-state index in [1.165, 1.54) is 0 Å². The maximum Gasteiger partial charge on any atom is 0.299 e. The van der Waals surface area contributed by atoms with Crippen molar-refractivity contribution in [2.45, 2.75) is 5.60 Å². The van der Waals surface area contributed by atoms with Crippen LogP contribution in [0.3, 0.4) is 0 Å². The molecule has 1 heterocycles. The van der Waals surface area contributed by atoms with E-state index in [9.17, 15) is 5.11 Å². The fraction of sp³-hybridized carbons (Fsp3) is 0.120. The standard InChI is InChI=1S/C25H24N3O/c1-27-18-19-28(2)24(27)25(29,21-14-8-4-9-15-21)23(20-12-6-3-7-13-20)26-22-16-10-5-11-17-22/h3-19,29H,1-2H3/q+1. The Morgan fingerprint density at radius 2 is 1.41 bits per heavy atom. The molecule has 0 bridgehead atoms. The van der Waals surface area contributed by atoms with E-state index in [4.69, 9.17) is 4.99 Å². The Morgan fingerprint density at radius 3 is 1.97 bits per heavy atom. The molecule has 1 unspecified atom stereocenters. The number of aromatic nitrogens is 2. The third-order valence-corrected chi connectivity index (χ3v) is 5.08. The van der Waals surface area contributed by atoms with Crippen LogP contribution in [0.25, 0.3) is 0 Å². The molecule has 4 aromatic rings. The summed E-state index contributed by atoms with van der Waals surface area (Å²) in [6, 6.07) is 29.3. The summed E-state index contributed by atoms with van der Waals surface area (Å²) in [5.74, 6) is 0.724. The van der Waals surface area contributed by atoms with Gasteiger partial charge >= 0.3 is 0 Å². The summed E-state index contributed by atoms with van der Waals surface area (Å²) in [5.41, 5.74) is 1.54. The second-order valence-corrected chi connectivity index (χ2v) is 7.08. The Balaban J connectivity index is 2.06. The second-order valence-electron chi connectivity index (χ2n) is 7.08. The van der Waals surface area contributed by atoms with E-state index in [1.54, 1.807) is 0 Å². The molecule has 4 rings (SSSR count). The second kappa shape index (κ2) is 7.86. The van der Waals surface area contributed by atoms with Crippen LogP contribution in [0.1, 0.15) is 17.0 Å². The van der Waals surface area contributed by atoms with Crippen LogP contribution < -0.4 is 4.57 Å². The van der Waals surface area contributed by atoms with Gasteiger partial charge in [-0.2, -0.15) is 0 Å². The van der Waals surface area contributed by atoms with Gasteiger partial charge in [0.25, 0.3) is 5.82 Å². The van der Waals surface area contributed by atoms with Gasteiger partial charge in [-0.3, -0.25) is 0 Å². The highest BCUT2D eigenvalue weighted by Gasteiger charge is 2.47. The van der Waals surface area contributed by atoms with E-state index in [0.717, 1.165) is 22.6 Å². The normalized spacial score (nSPS) is 13.8. The topological polar surface area (TPSA) is 41.4 Å². The lowest BCUT2D eigenvalue weighted by Crippen LogP contribution is -2.49. The molecule has 3 aromatic carbocycles. The minimum Gasteiger partial charge on any atom is -0.369 e. The molecule has 144 valence electrons. The molecule has 1 N–H and O–H groups in total. The highest BCUT2D eigenvalue weighted by molar-refractivity contribution is 6.09. The zero-order valence-electron chi connectivity index (χ0n) is 16.6. The van der Waals surface area contributed by atoms with Crippen molar-refractivity contribution in [3.8, 4) is 0 Å². The Kier molecular flexibility index (Phi) is 5.10. The molecule has 0 aliphatic heterocycles. The van der Waals surface area contributed by atoms with Gasteiger partial charge in [0.2, 0.25) is 5.60 Å². The van der Waals surface area contributed by atoms with Crippen LogP contribution in [0.4, 0.5) is 5.69 Å². The number of rotatable bonds is 5. The van der Waals surface area contributed by atoms with Crippen molar-refractivity contribution in [1.29, 1.82) is 0 Å². The highest BCUT2D eigenvalue weighted by atomic mass is 16.3. The molecule has 0 aliphatic rings. The van der Waals surface area contributed by atoms with Crippen molar-refractivity contribution in [3.05, 3.63) is 120 Å². The van der Waals surface area contributed by atoms with Gasteiger partial charge in [-0.25, -0.2) is 14.1 Å². The zero-order chi connectivity index (χ0) is 20.3. The van der Waals surface area contributed by atoms with Crippen LogP contribution in [0.5, 0.6) is 0 Å². The number of aliphatic imine (C=N–C) groups is 1. The number of imidazole rings is 1. The first-order valence-electron chi connectivity index (χ1n) is 9.59. The quantitative estimate of drug-likeness (QED) is 0.413. The summed E-state index contributed by atoms with van der Waals surface area (Å²) in [6.07, 6.45) is 3.88. The Morgan fingerprint density at radius 1 is 0.862 bits per heavy atom. The van der Waals surface area contributed by atoms with Gasteiger partial charge < -0.3 is 5.11 Å². The predicted octanol–water partition coefficient (Wildman–Crippen LogP) is 3.91. The van der Waals surface area contributed by atoms with E-state index in [0.29, 0.717) is 5.71 Å². The molecular weight excluding hydrogens is 358 g/mol. The SMILES string of the molecule is Cn1cc[n+](C)c1C(O)(C(=Nc1ccccc1)c1ccccc1)c1ccccc1. The largest absolute Gasteiger partial charge is 0.369 e. The monoisotopic (exact) mass is 382 g/mol. The highest BCUT2D eigenvalue weighted by Crippen LogP contribution is 2.33. The smallest absolute Gasteiger partial charge is 0.299 e. The Labute approximate surface area is 171 Å². The summed E-state index contributed by atoms with van der Waals surface area (Å²) in [4.78, 5) is 4.96. The number of benzene rings is 3. The molecular formula is C25H24N3O+. The van der Waals surface area contributed by atoms with Crippen LogP contribution >= 0.6 is 0 Å².